The van der Waals surface area contributed by atoms with E-state index < -0.39 is 25.2 Å². The van der Waals surface area contributed by atoms with Crippen molar-refractivity contribution in [2.75, 3.05) is 26.4 Å². The lowest BCUT2D eigenvalue weighted by Crippen LogP contribution is -2.13. The molecule has 7 nitrogen and oxygen atoms in total. The van der Waals surface area contributed by atoms with Gasteiger partial charge in [0.15, 0.2) is 0 Å². The van der Waals surface area contributed by atoms with Gasteiger partial charge in [0.05, 0.1) is 0 Å². The molecule has 4 N–H and O–H groups in total. The second kappa shape index (κ2) is 11.8. The number of ether oxygens (including phenoxy) is 1. The fraction of sp³-hybridized carbons (Fsp3) is 0.714. The third-order valence-corrected chi connectivity index (χ3v) is 0.767. The molecule has 7 heteroatoms. The van der Waals surface area contributed by atoms with Crippen LogP contribution in [0, 0.1) is 0 Å². The molecule has 0 atom stereocenters. The molecule has 0 aliphatic rings. The molecule has 0 aliphatic carbocycles. The van der Waals surface area contributed by atoms with E-state index in [0.29, 0.717) is 6.42 Å². The Hall–Kier alpha value is -1.18. The van der Waals surface area contributed by atoms with Crippen molar-refractivity contribution < 1.29 is 34.8 Å². The van der Waals surface area contributed by atoms with Gasteiger partial charge in [0.2, 0.25) is 0 Å². The second-order valence-electron chi connectivity index (χ2n) is 2.08. The Morgan fingerprint density at radius 3 is 1.43 bits per heavy atom. The molecule has 0 aromatic rings. The number of aliphatic hydroxyl groups excluding tert-OH is 2. The lowest BCUT2D eigenvalue weighted by atomic mass is 10.5. The van der Waals surface area contributed by atoms with E-state index in [0.717, 1.165) is 0 Å². The molecule has 0 aromatic heterocycles. The summed E-state index contributed by atoms with van der Waals surface area (Å²) in [6, 6.07) is 0. The van der Waals surface area contributed by atoms with Gasteiger partial charge in [0, 0.05) is 13.2 Å². The van der Waals surface area contributed by atoms with E-state index in [2.05, 4.69) is 4.74 Å². The van der Waals surface area contributed by atoms with Crippen molar-refractivity contribution in [1.29, 1.82) is 0 Å². The molecule has 0 aromatic carbocycles. The van der Waals surface area contributed by atoms with E-state index in [9.17, 15) is 9.59 Å². The summed E-state index contributed by atoms with van der Waals surface area (Å²) in [6.45, 7) is -0.939. The van der Waals surface area contributed by atoms with E-state index >= 15 is 0 Å². The van der Waals surface area contributed by atoms with Gasteiger partial charge in [-0.3, -0.25) is 0 Å². The molecule has 0 amide bonds. The number of carboxylic acid groups (broad SMARTS) is 2. The van der Waals surface area contributed by atoms with Crippen LogP contribution >= 0.6 is 0 Å². The molecule has 0 fully saturated rings. The predicted octanol–water partition coefficient (Wildman–Crippen LogP) is -1.47. The van der Waals surface area contributed by atoms with Gasteiger partial charge in [-0.05, 0) is 6.42 Å². The molecule has 0 rings (SSSR count). The fourth-order valence-electron chi connectivity index (χ4n) is 0.296. The standard InChI is InChI=1S/C4H6O5.C3H8O2/c5-3(6)1-9-2-4(7)8;4-2-1-3-5/h1-2H2,(H,5,6)(H,7,8);4-5H,1-3H2. The van der Waals surface area contributed by atoms with Gasteiger partial charge in [0.1, 0.15) is 13.2 Å². The minimum atomic E-state index is -1.17. The van der Waals surface area contributed by atoms with Crippen molar-refractivity contribution in [3.8, 4) is 0 Å². The van der Waals surface area contributed by atoms with Crippen LogP contribution in [0.15, 0.2) is 0 Å². The zero-order valence-electron chi connectivity index (χ0n) is 7.55. The van der Waals surface area contributed by atoms with E-state index in [1.54, 1.807) is 0 Å². The minimum Gasteiger partial charge on any atom is -0.480 e. The number of hydrogen-bond acceptors (Lipinski definition) is 5. The first-order chi connectivity index (χ1) is 6.54. The van der Waals surface area contributed by atoms with Crippen molar-refractivity contribution in [2.45, 2.75) is 6.42 Å². The molecular formula is C7H14O7. The van der Waals surface area contributed by atoms with Crippen LogP contribution in [0.4, 0.5) is 0 Å². The number of carbonyl (C=O) groups is 2. The van der Waals surface area contributed by atoms with E-state index in [4.69, 9.17) is 20.4 Å². The van der Waals surface area contributed by atoms with Gasteiger partial charge < -0.3 is 25.2 Å². The Labute approximate surface area is 80.5 Å². The molecule has 0 radical (unpaired) electrons. The van der Waals surface area contributed by atoms with Gasteiger partial charge in [0.25, 0.3) is 0 Å². The normalized spacial score (nSPS) is 8.71. The van der Waals surface area contributed by atoms with E-state index in [-0.39, 0.29) is 13.2 Å². The first-order valence-corrected chi connectivity index (χ1v) is 3.77. The van der Waals surface area contributed by atoms with Crippen LogP contribution in [0.5, 0.6) is 0 Å². The van der Waals surface area contributed by atoms with Crippen LogP contribution in [-0.2, 0) is 14.3 Å². The van der Waals surface area contributed by atoms with Crippen molar-refractivity contribution in [3.63, 3.8) is 0 Å². The summed E-state index contributed by atoms with van der Waals surface area (Å²) in [5.74, 6) is -2.34. The van der Waals surface area contributed by atoms with Gasteiger partial charge in [-0.2, -0.15) is 0 Å². The highest BCUT2D eigenvalue weighted by atomic mass is 16.5. The second-order valence-corrected chi connectivity index (χ2v) is 2.08. The highest BCUT2D eigenvalue weighted by molar-refractivity contribution is 5.70. The molecule has 0 saturated carbocycles. The average molecular weight is 210 g/mol. The van der Waals surface area contributed by atoms with Crippen LogP contribution in [0.2, 0.25) is 0 Å². The lowest BCUT2D eigenvalue weighted by molar-refractivity contribution is -0.148. The molecule has 0 aliphatic heterocycles. The Bertz CT molecular complexity index is 140. The maximum absolute atomic E-state index is 9.66. The zero-order valence-corrected chi connectivity index (χ0v) is 7.55. The highest BCUT2D eigenvalue weighted by Crippen LogP contribution is 1.73. The molecule has 0 spiro atoms. The van der Waals surface area contributed by atoms with E-state index in [1.165, 1.54) is 0 Å². The number of rotatable bonds is 6. The summed E-state index contributed by atoms with van der Waals surface area (Å²) in [5.41, 5.74) is 0. The van der Waals surface area contributed by atoms with Gasteiger partial charge >= 0.3 is 11.9 Å². The number of aliphatic carboxylic acids is 2. The van der Waals surface area contributed by atoms with Crippen LogP contribution in [0.25, 0.3) is 0 Å². The number of aliphatic hydroxyl groups is 2. The largest absolute Gasteiger partial charge is 0.480 e. The SMILES string of the molecule is O=C(O)COCC(=O)O.OCCCO. The van der Waals surface area contributed by atoms with Crippen molar-refractivity contribution in [1.82, 2.24) is 0 Å². The van der Waals surface area contributed by atoms with Crippen LogP contribution in [0.1, 0.15) is 6.42 Å². The van der Waals surface area contributed by atoms with Crippen molar-refractivity contribution in [2.24, 2.45) is 0 Å². The molecule has 84 valence electrons. The summed E-state index contributed by atoms with van der Waals surface area (Å²) in [6.07, 6.45) is 0.500. The summed E-state index contributed by atoms with van der Waals surface area (Å²) in [5, 5.41) is 31.6. The monoisotopic (exact) mass is 210 g/mol. The van der Waals surface area contributed by atoms with Crippen molar-refractivity contribution in [3.05, 3.63) is 0 Å². The minimum absolute atomic E-state index is 0.0938. The van der Waals surface area contributed by atoms with Gasteiger partial charge in [-0.25, -0.2) is 9.59 Å². The van der Waals surface area contributed by atoms with Crippen LogP contribution in [-0.4, -0.2) is 58.8 Å². The molecular weight excluding hydrogens is 196 g/mol. The molecule has 14 heavy (non-hydrogen) atoms. The molecule has 0 heterocycles. The Morgan fingerprint density at radius 2 is 1.29 bits per heavy atom. The topological polar surface area (TPSA) is 124 Å². The van der Waals surface area contributed by atoms with Crippen molar-refractivity contribution >= 4 is 11.9 Å². The number of carboxylic acids is 2. The third kappa shape index (κ3) is 22.4. The Balaban J connectivity index is 0. The fourth-order valence-corrected chi connectivity index (χ4v) is 0.296. The molecule has 0 unspecified atom stereocenters. The first kappa shape index (κ1) is 15.3. The van der Waals surface area contributed by atoms with Crippen LogP contribution in [0.3, 0.4) is 0 Å². The quantitative estimate of drug-likeness (QED) is 0.422. The van der Waals surface area contributed by atoms with E-state index in [1.807, 2.05) is 0 Å². The maximum atomic E-state index is 9.66. The maximum Gasteiger partial charge on any atom is 0.329 e. The van der Waals surface area contributed by atoms with Gasteiger partial charge in [-0.1, -0.05) is 0 Å². The summed E-state index contributed by atoms with van der Waals surface area (Å²) >= 11 is 0. The third-order valence-electron chi connectivity index (χ3n) is 0.767. The lowest BCUT2D eigenvalue weighted by Gasteiger charge is -1.92. The smallest absolute Gasteiger partial charge is 0.329 e. The van der Waals surface area contributed by atoms with Crippen LogP contribution < -0.4 is 0 Å². The average Bonchev–Trinajstić information content (AvgIpc) is 2.05. The summed E-state index contributed by atoms with van der Waals surface area (Å²) < 4.78 is 4.16. The first-order valence-electron chi connectivity index (χ1n) is 3.77. The van der Waals surface area contributed by atoms with Gasteiger partial charge in [-0.15, -0.1) is 0 Å². The predicted molar refractivity (Wildman–Crippen MR) is 44.9 cm³/mol. The summed E-state index contributed by atoms with van der Waals surface area (Å²) in [4.78, 5) is 19.3. The summed E-state index contributed by atoms with van der Waals surface area (Å²) in [7, 11) is 0. The molecule has 0 bridgehead atoms. The molecule has 0 saturated heterocycles. The number of hydrogen-bond donors (Lipinski definition) is 4. The Kier molecular flexibility index (Phi) is 12.9. The zero-order chi connectivity index (χ0) is 11.4. The highest BCUT2D eigenvalue weighted by Gasteiger charge is 1.98. The Morgan fingerprint density at radius 1 is 0.929 bits per heavy atom.